The monoisotopic (exact) mass is 264 g/mol. The molecule has 0 amide bonds. The topological polar surface area (TPSA) is 63.5 Å². The van der Waals surface area contributed by atoms with E-state index in [1.165, 1.54) is 0 Å². The summed E-state index contributed by atoms with van der Waals surface area (Å²) in [6, 6.07) is 5.70. The molecule has 1 rings (SSSR count). The number of nitrogens with zero attached hydrogens (tertiary/aromatic N) is 1. The second-order valence-corrected chi connectivity index (χ2v) is 3.95. The van der Waals surface area contributed by atoms with Gasteiger partial charge in [-0.2, -0.15) is 5.26 Å². The van der Waals surface area contributed by atoms with Crippen LogP contribution in [0.25, 0.3) is 0 Å². The molecule has 0 heterocycles. The molecule has 0 saturated heterocycles. The molecule has 1 aromatic carbocycles. The molecular formula is C14H20N2O3. The summed E-state index contributed by atoms with van der Waals surface area (Å²) in [5.74, 6) is 1.61. The van der Waals surface area contributed by atoms with Gasteiger partial charge < -0.3 is 19.5 Å². The third-order valence-corrected chi connectivity index (χ3v) is 2.56. The van der Waals surface area contributed by atoms with Crippen molar-refractivity contribution in [2.45, 2.75) is 19.9 Å². The van der Waals surface area contributed by atoms with Gasteiger partial charge in [0.25, 0.3) is 0 Å². The van der Waals surface area contributed by atoms with Crippen molar-refractivity contribution in [3.05, 3.63) is 17.7 Å². The summed E-state index contributed by atoms with van der Waals surface area (Å²) in [5, 5.41) is 11.9. The van der Waals surface area contributed by atoms with Crippen molar-refractivity contribution in [3.63, 3.8) is 0 Å². The summed E-state index contributed by atoms with van der Waals surface area (Å²) in [5.41, 5.74) is 1.05. The van der Waals surface area contributed by atoms with Crippen LogP contribution in [0.5, 0.6) is 17.2 Å². The van der Waals surface area contributed by atoms with E-state index in [9.17, 15) is 0 Å². The molecule has 0 aromatic heterocycles. The van der Waals surface area contributed by atoms with Gasteiger partial charge in [0.05, 0.1) is 14.2 Å². The maximum atomic E-state index is 8.59. The molecule has 0 fully saturated rings. The average Bonchev–Trinajstić information content (AvgIpc) is 2.45. The molecule has 5 nitrogen and oxygen atoms in total. The summed E-state index contributed by atoms with van der Waals surface area (Å²) < 4.78 is 15.9. The Kier molecular flexibility index (Phi) is 6.55. The van der Waals surface area contributed by atoms with Gasteiger partial charge >= 0.3 is 0 Å². The highest BCUT2D eigenvalue weighted by molar-refractivity contribution is 5.54. The molecule has 0 radical (unpaired) electrons. The molecule has 0 saturated carbocycles. The van der Waals surface area contributed by atoms with Crippen LogP contribution in [0.15, 0.2) is 12.1 Å². The first-order chi connectivity index (χ1) is 9.26. The van der Waals surface area contributed by atoms with Gasteiger partial charge in [-0.1, -0.05) is 6.92 Å². The van der Waals surface area contributed by atoms with Gasteiger partial charge in [-0.05, 0) is 30.7 Å². The first-order valence-corrected chi connectivity index (χ1v) is 6.22. The zero-order valence-corrected chi connectivity index (χ0v) is 11.7. The Labute approximate surface area is 114 Å². The fourth-order valence-electron chi connectivity index (χ4n) is 1.69. The molecule has 104 valence electrons. The van der Waals surface area contributed by atoms with Crippen molar-refractivity contribution in [1.29, 1.82) is 5.26 Å². The molecule has 0 atom stereocenters. The highest BCUT2D eigenvalue weighted by atomic mass is 16.5. The number of hydrogen-bond acceptors (Lipinski definition) is 5. The molecule has 1 N–H and O–H groups in total. The van der Waals surface area contributed by atoms with E-state index in [0.717, 1.165) is 25.1 Å². The van der Waals surface area contributed by atoms with E-state index >= 15 is 0 Å². The zero-order valence-electron chi connectivity index (χ0n) is 11.7. The fraction of sp³-hybridized carbons (Fsp3) is 0.500. The standard InChI is InChI=1S/C14H20N2O3/c1-4-6-16-10-11-8-12(17-2)14(19-7-5-15)13(9-11)18-3/h8-9,16H,4,6-7,10H2,1-3H3. The first-order valence-electron chi connectivity index (χ1n) is 6.22. The number of ether oxygens (including phenoxy) is 3. The van der Waals surface area contributed by atoms with E-state index in [0.29, 0.717) is 17.2 Å². The maximum absolute atomic E-state index is 8.59. The van der Waals surface area contributed by atoms with Gasteiger partial charge in [-0.25, -0.2) is 0 Å². The number of nitriles is 1. The summed E-state index contributed by atoms with van der Waals surface area (Å²) in [6.45, 7) is 3.77. The third kappa shape index (κ3) is 4.34. The lowest BCUT2D eigenvalue weighted by atomic mass is 10.1. The van der Waals surface area contributed by atoms with Gasteiger partial charge in [0, 0.05) is 6.54 Å². The van der Waals surface area contributed by atoms with Crippen LogP contribution in [-0.2, 0) is 6.54 Å². The molecule has 5 heteroatoms. The van der Waals surface area contributed by atoms with Crippen LogP contribution in [0.4, 0.5) is 0 Å². The largest absolute Gasteiger partial charge is 0.493 e. The molecule has 0 bridgehead atoms. The van der Waals surface area contributed by atoms with Crippen LogP contribution in [0, 0.1) is 11.3 Å². The Morgan fingerprint density at radius 2 is 1.84 bits per heavy atom. The van der Waals surface area contributed by atoms with Crippen LogP contribution >= 0.6 is 0 Å². The molecule has 0 aliphatic rings. The van der Waals surface area contributed by atoms with Crippen molar-refractivity contribution < 1.29 is 14.2 Å². The van der Waals surface area contributed by atoms with Gasteiger partial charge in [-0.3, -0.25) is 0 Å². The second-order valence-electron chi connectivity index (χ2n) is 3.95. The molecule has 1 aromatic rings. The van der Waals surface area contributed by atoms with Crippen LogP contribution in [-0.4, -0.2) is 27.4 Å². The summed E-state index contributed by atoms with van der Waals surface area (Å²) >= 11 is 0. The quantitative estimate of drug-likeness (QED) is 0.728. The minimum absolute atomic E-state index is 0.0415. The van der Waals surface area contributed by atoms with Crippen molar-refractivity contribution in [3.8, 4) is 23.3 Å². The van der Waals surface area contributed by atoms with Gasteiger partial charge in [-0.15, -0.1) is 0 Å². The Balaban J connectivity index is 2.95. The lowest BCUT2D eigenvalue weighted by molar-refractivity contribution is 0.303. The minimum atomic E-state index is -0.0415. The van der Waals surface area contributed by atoms with E-state index < -0.39 is 0 Å². The predicted molar refractivity (Wildman–Crippen MR) is 72.7 cm³/mol. The number of hydrogen-bond donors (Lipinski definition) is 1. The second kappa shape index (κ2) is 8.22. The van der Waals surface area contributed by atoms with E-state index in [-0.39, 0.29) is 6.61 Å². The van der Waals surface area contributed by atoms with E-state index in [1.807, 2.05) is 18.2 Å². The Hall–Kier alpha value is -1.93. The molecule has 0 aliphatic carbocycles. The van der Waals surface area contributed by atoms with Gasteiger partial charge in [0.15, 0.2) is 18.1 Å². The number of methoxy groups -OCH3 is 2. The molecule has 0 aliphatic heterocycles. The van der Waals surface area contributed by atoms with E-state index in [2.05, 4.69) is 12.2 Å². The number of rotatable bonds is 8. The Morgan fingerprint density at radius 1 is 1.21 bits per heavy atom. The van der Waals surface area contributed by atoms with Crippen LogP contribution < -0.4 is 19.5 Å². The minimum Gasteiger partial charge on any atom is -0.493 e. The summed E-state index contributed by atoms with van der Waals surface area (Å²) in [7, 11) is 3.13. The summed E-state index contributed by atoms with van der Waals surface area (Å²) in [6.07, 6.45) is 1.08. The molecular weight excluding hydrogens is 244 g/mol. The molecule has 0 spiro atoms. The normalized spacial score (nSPS) is 9.79. The Bertz CT molecular complexity index is 416. The van der Waals surface area contributed by atoms with Crippen LogP contribution in [0.1, 0.15) is 18.9 Å². The zero-order chi connectivity index (χ0) is 14.1. The average molecular weight is 264 g/mol. The van der Waals surface area contributed by atoms with Crippen LogP contribution in [0.2, 0.25) is 0 Å². The van der Waals surface area contributed by atoms with E-state index in [1.54, 1.807) is 14.2 Å². The summed E-state index contributed by atoms with van der Waals surface area (Å²) in [4.78, 5) is 0. The van der Waals surface area contributed by atoms with Crippen molar-refractivity contribution in [2.24, 2.45) is 0 Å². The predicted octanol–water partition coefficient (Wildman–Crippen LogP) is 2.11. The third-order valence-electron chi connectivity index (χ3n) is 2.56. The highest BCUT2D eigenvalue weighted by Crippen LogP contribution is 2.38. The first kappa shape index (κ1) is 15.1. The molecule has 19 heavy (non-hydrogen) atoms. The van der Waals surface area contributed by atoms with Crippen molar-refractivity contribution >= 4 is 0 Å². The van der Waals surface area contributed by atoms with Gasteiger partial charge in [0.1, 0.15) is 6.07 Å². The van der Waals surface area contributed by atoms with Crippen LogP contribution in [0.3, 0.4) is 0 Å². The lowest BCUT2D eigenvalue weighted by Gasteiger charge is -2.15. The number of nitrogens with one attached hydrogen (secondary N) is 1. The van der Waals surface area contributed by atoms with Crippen molar-refractivity contribution in [2.75, 3.05) is 27.4 Å². The van der Waals surface area contributed by atoms with Crippen molar-refractivity contribution in [1.82, 2.24) is 5.32 Å². The fourth-order valence-corrected chi connectivity index (χ4v) is 1.69. The molecule has 0 unspecified atom stereocenters. The Morgan fingerprint density at radius 3 is 2.32 bits per heavy atom. The maximum Gasteiger partial charge on any atom is 0.204 e. The smallest absolute Gasteiger partial charge is 0.204 e. The number of benzene rings is 1. The highest BCUT2D eigenvalue weighted by Gasteiger charge is 2.13. The van der Waals surface area contributed by atoms with E-state index in [4.69, 9.17) is 19.5 Å². The van der Waals surface area contributed by atoms with Gasteiger partial charge in [0.2, 0.25) is 5.75 Å². The lowest BCUT2D eigenvalue weighted by Crippen LogP contribution is -2.14. The SMILES string of the molecule is CCCNCc1cc(OC)c(OCC#N)c(OC)c1.